The van der Waals surface area contributed by atoms with Crippen molar-refractivity contribution in [3.8, 4) is 0 Å². The lowest BCUT2D eigenvalue weighted by Crippen LogP contribution is -2.46. The minimum Gasteiger partial charge on any atom is -0.387 e. The molecule has 1 saturated heterocycles. The number of nitrogens with two attached hydrogens (primary N) is 1. The van der Waals surface area contributed by atoms with Crippen LogP contribution in [0.2, 0.25) is 0 Å². The highest BCUT2D eigenvalue weighted by Gasteiger charge is 2.53. The molecule has 2 heterocycles. The number of rotatable bonds is 3. The number of anilines is 1. The second-order valence-electron chi connectivity index (χ2n) is 5.85. The molecule has 3 rings (SSSR count). The molecule has 0 unspecified atom stereocenters. The van der Waals surface area contributed by atoms with E-state index in [4.69, 9.17) is 10.5 Å². The molecule has 7 heteroatoms. The van der Waals surface area contributed by atoms with Gasteiger partial charge in [0, 0.05) is 12.6 Å². The number of ether oxygens (including phenoxy) is 1. The lowest BCUT2D eigenvalue weighted by Gasteiger charge is -2.27. The Bertz CT molecular complexity index is 744. The predicted molar refractivity (Wildman–Crippen MR) is 82.4 cm³/mol. The van der Waals surface area contributed by atoms with Crippen LogP contribution in [-0.4, -0.2) is 37.6 Å². The van der Waals surface area contributed by atoms with Crippen LogP contribution < -0.4 is 11.4 Å². The number of hydrogen-bond donors (Lipinski definition) is 3. The summed E-state index contributed by atoms with van der Waals surface area (Å²) in [6.07, 6.45) is -1.04. The van der Waals surface area contributed by atoms with Crippen molar-refractivity contribution < 1.29 is 14.9 Å². The van der Waals surface area contributed by atoms with Crippen molar-refractivity contribution in [3.05, 3.63) is 58.6 Å². The molecule has 121 valence electrons. The van der Waals surface area contributed by atoms with Crippen molar-refractivity contribution in [2.45, 2.75) is 37.4 Å². The smallest absolute Gasteiger partial charge is 0.351 e. The highest BCUT2D eigenvalue weighted by Crippen LogP contribution is 2.38. The number of nitrogen functional groups attached to an aromatic ring is 1. The van der Waals surface area contributed by atoms with E-state index in [0.717, 1.165) is 10.1 Å². The number of nitrogens with zero attached hydrogens (tertiary/aromatic N) is 2. The Hall–Kier alpha value is -2.22. The molecule has 0 amide bonds. The number of hydrogen-bond acceptors (Lipinski definition) is 6. The van der Waals surface area contributed by atoms with Gasteiger partial charge in [0.05, 0.1) is 6.10 Å². The van der Waals surface area contributed by atoms with Crippen molar-refractivity contribution in [2.24, 2.45) is 0 Å². The maximum atomic E-state index is 12.0. The highest BCUT2D eigenvalue weighted by molar-refractivity contribution is 5.24. The summed E-state index contributed by atoms with van der Waals surface area (Å²) in [5, 5.41) is 21.0. The largest absolute Gasteiger partial charge is 0.387 e. The molecule has 0 spiro atoms. The fourth-order valence-electron chi connectivity index (χ4n) is 2.80. The molecular formula is C16H18N3O4. The van der Waals surface area contributed by atoms with Gasteiger partial charge in [-0.1, -0.05) is 24.3 Å². The molecule has 1 aliphatic heterocycles. The van der Waals surface area contributed by atoms with Gasteiger partial charge in [-0.25, -0.2) is 4.79 Å². The van der Waals surface area contributed by atoms with Crippen molar-refractivity contribution in [2.75, 3.05) is 5.73 Å². The molecule has 4 N–H and O–H groups in total. The van der Waals surface area contributed by atoms with E-state index in [9.17, 15) is 15.0 Å². The molecule has 1 aromatic carbocycles. The predicted octanol–water partition coefficient (Wildman–Crippen LogP) is -0.122. The Morgan fingerprint density at radius 3 is 2.78 bits per heavy atom. The molecular weight excluding hydrogens is 298 g/mol. The Balaban J connectivity index is 1.89. The average Bonchev–Trinajstić information content (AvgIpc) is 2.72. The minimum absolute atomic E-state index is 0.0847. The molecule has 0 aliphatic carbocycles. The zero-order valence-electron chi connectivity index (χ0n) is 12.6. The lowest BCUT2D eigenvalue weighted by molar-refractivity contribution is -0.0974. The SMILES string of the molecule is C[C@@]1(O)[C@H](O)[C@@H](Cc2cc[c]cc2)O[C@H]1n1ccc(N)nc1=O. The summed E-state index contributed by atoms with van der Waals surface area (Å²) in [6, 6.07) is 11.6. The molecule has 1 fully saturated rings. The highest BCUT2D eigenvalue weighted by atomic mass is 16.6. The van der Waals surface area contributed by atoms with E-state index in [1.54, 1.807) is 12.1 Å². The summed E-state index contributed by atoms with van der Waals surface area (Å²) in [5.41, 5.74) is 4.13. The van der Waals surface area contributed by atoms with Crippen molar-refractivity contribution >= 4 is 5.82 Å². The average molecular weight is 316 g/mol. The molecule has 0 bridgehead atoms. The van der Waals surface area contributed by atoms with Crippen molar-refractivity contribution in [1.29, 1.82) is 0 Å². The van der Waals surface area contributed by atoms with Gasteiger partial charge in [-0.15, -0.1) is 0 Å². The third-order valence-electron chi connectivity index (χ3n) is 4.08. The summed E-state index contributed by atoms with van der Waals surface area (Å²) in [7, 11) is 0. The molecule has 23 heavy (non-hydrogen) atoms. The Morgan fingerprint density at radius 2 is 2.13 bits per heavy atom. The standard InChI is InChI=1S/C16H18N3O4/c1-16(22)13(20)11(9-10-5-3-2-4-6-10)23-14(16)19-8-7-12(17)18-15(19)21/h3-8,11,13-14,20,22H,9H2,1H3,(H2,17,18,21)/t11-,13-,14-,16-/m1/s1. The first kappa shape index (κ1) is 15.7. The van der Waals surface area contributed by atoms with Crippen LogP contribution in [0.1, 0.15) is 18.7 Å². The molecule has 2 aromatic rings. The zero-order chi connectivity index (χ0) is 16.6. The van der Waals surface area contributed by atoms with Crippen LogP contribution >= 0.6 is 0 Å². The molecule has 1 radical (unpaired) electrons. The van der Waals surface area contributed by atoms with Crippen LogP contribution in [0, 0.1) is 6.07 Å². The van der Waals surface area contributed by atoms with Crippen LogP contribution in [0.3, 0.4) is 0 Å². The quantitative estimate of drug-likeness (QED) is 0.728. The van der Waals surface area contributed by atoms with E-state index < -0.39 is 29.7 Å². The number of benzene rings is 1. The number of aliphatic hydroxyl groups is 2. The van der Waals surface area contributed by atoms with Gasteiger partial charge < -0.3 is 20.7 Å². The van der Waals surface area contributed by atoms with Crippen LogP contribution in [-0.2, 0) is 11.2 Å². The maximum Gasteiger partial charge on any atom is 0.351 e. The Labute approximate surface area is 133 Å². The molecule has 1 aliphatic rings. The van der Waals surface area contributed by atoms with Gasteiger partial charge in [0.15, 0.2) is 6.23 Å². The first-order chi connectivity index (χ1) is 10.9. The fraction of sp³-hybridized carbons (Fsp3) is 0.375. The first-order valence-electron chi connectivity index (χ1n) is 7.25. The maximum absolute atomic E-state index is 12.0. The number of aliphatic hydroxyl groups excluding tert-OH is 1. The summed E-state index contributed by atoms with van der Waals surface area (Å²) < 4.78 is 6.91. The van der Waals surface area contributed by atoms with Crippen molar-refractivity contribution in [3.63, 3.8) is 0 Å². The van der Waals surface area contributed by atoms with E-state index in [-0.39, 0.29) is 5.82 Å². The van der Waals surface area contributed by atoms with Crippen LogP contribution in [0.15, 0.2) is 41.3 Å². The zero-order valence-corrected chi connectivity index (χ0v) is 12.6. The summed E-state index contributed by atoms with van der Waals surface area (Å²) in [5.74, 6) is 0.0847. The third kappa shape index (κ3) is 2.86. The minimum atomic E-state index is -1.63. The second kappa shape index (κ2) is 5.77. The fourth-order valence-corrected chi connectivity index (χ4v) is 2.80. The summed E-state index contributed by atoms with van der Waals surface area (Å²) >= 11 is 0. The number of aromatic nitrogens is 2. The van der Waals surface area contributed by atoms with Gasteiger partial charge in [-0.3, -0.25) is 4.57 Å². The second-order valence-corrected chi connectivity index (χ2v) is 5.85. The molecule has 4 atom stereocenters. The lowest BCUT2D eigenvalue weighted by atomic mass is 9.93. The van der Waals surface area contributed by atoms with Gasteiger partial charge >= 0.3 is 5.69 Å². The third-order valence-corrected chi connectivity index (χ3v) is 4.08. The van der Waals surface area contributed by atoms with Crippen LogP contribution in [0.4, 0.5) is 5.82 Å². The van der Waals surface area contributed by atoms with Crippen LogP contribution in [0.5, 0.6) is 0 Å². The Kier molecular flexibility index (Phi) is 3.93. The molecule has 7 nitrogen and oxygen atoms in total. The van der Waals surface area contributed by atoms with Gasteiger partial charge in [-0.05, 0) is 24.6 Å². The van der Waals surface area contributed by atoms with E-state index >= 15 is 0 Å². The topological polar surface area (TPSA) is 111 Å². The normalized spacial score (nSPS) is 30.5. The Morgan fingerprint density at radius 1 is 1.43 bits per heavy atom. The van der Waals surface area contributed by atoms with E-state index in [1.807, 2.05) is 12.1 Å². The van der Waals surface area contributed by atoms with Gasteiger partial charge in [0.1, 0.15) is 17.5 Å². The van der Waals surface area contributed by atoms with E-state index in [2.05, 4.69) is 11.1 Å². The van der Waals surface area contributed by atoms with Gasteiger partial charge in [-0.2, -0.15) is 4.98 Å². The van der Waals surface area contributed by atoms with Crippen molar-refractivity contribution in [1.82, 2.24) is 9.55 Å². The first-order valence-corrected chi connectivity index (χ1v) is 7.25. The molecule has 1 aromatic heterocycles. The van der Waals surface area contributed by atoms with E-state index in [1.165, 1.54) is 19.2 Å². The monoisotopic (exact) mass is 316 g/mol. The summed E-state index contributed by atoms with van der Waals surface area (Å²) in [6.45, 7) is 1.43. The van der Waals surface area contributed by atoms with Gasteiger partial charge in [0.2, 0.25) is 0 Å². The van der Waals surface area contributed by atoms with E-state index in [0.29, 0.717) is 6.42 Å². The molecule has 0 saturated carbocycles. The summed E-state index contributed by atoms with van der Waals surface area (Å²) in [4.78, 5) is 15.6. The van der Waals surface area contributed by atoms with Crippen LogP contribution in [0.25, 0.3) is 0 Å². The van der Waals surface area contributed by atoms with Gasteiger partial charge in [0.25, 0.3) is 0 Å².